The van der Waals surface area contributed by atoms with E-state index >= 15 is 0 Å². The third-order valence-electron chi connectivity index (χ3n) is 4.04. The SMILES string of the molecule is Cc1oc(F)c(C)c1-c1c(-c2ccc(O)cc2)c(Br)n(C)c1N. The Morgan fingerprint density at radius 1 is 1.13 bits per heavy atom. The molecular weight excluding hydrogens is 363 g/mol. The number of furan rings is 1. The molecule has 0 bridgehead atoms. The average Bonchev–Trinajstić information content (AvgIpc) is 2.88. The van der Waals surface area contributed by atoms with Gasteiger partial charge >= 0.3 is 0 Å². The molecule has 2 aromatic heterocycles. The quantitative estimate of drug-likeness (QED) is 0.675. The van der Waals surface area contributed by atoms with Crippen LogP contribution in [0.3, 0.4) is 0 Å². The Balaban J connectivity index is 2.37. The summed E-state index contributed by atoms with van der Waals surface area (Å²) in [7, 11) is 1.83. The van der Waals surface area contributed by atoms with E-state index in [0.717, 1.165) is 15.7 Å². The zero-order valence-corrected chi connectivity index (χ0v) is 14.5. The number of rotatable bonds is 2. The third-order valence-corrected chi connectivity index (χ3v) is 4.97. The van der Waals surface area contributed by atoms with E-state index in [9.17, 15) is 9.50 Å². The second kappa shape index (κ2) is 5.45. The molecule has 6 heteroatoms. The number of halogens is 2. The van der Waals surface area contributed by atoms with Crippen LogP contribution in [0.25, 0.3) is 22.3 Å². The molecule has 4 nitrogen and oxygen atoms in total. The molecule has 3 aromatic rings. The Morgan fingerprint density at radius 2 is 1.74 bits per heavy atom. The molecule has 3 N–H and O–H groups in total. The molecule has 1 aromatic carbocycles. The molecule has 23 heavy (non-hydrogen) atoms. The Hall–Kier alpha value is -2.21. The van der Waals surface area contributed by atoms with Crippen LogP contribution in [-0.4, -0.2) is 9.67 Å². The van der Waals surface area contributed by atoms with Crippen molar-refractivity contribution in [1.82, 2.24) is 4.57 Å². The van der Waals surface area contributed by atoms with E-state index in [-0.39, 0.29) is 5.75 Å². The summed E-state index contributed by atoms with van der Waals surface area (Å²) in [5, 5.41) is 9.50. The lowest BCUT2D eigenvalue weighted by molar-refractivity contribution is 0.342. The van der Waals surface area contributed by atoms with Crippen LogP contribution in [0.1, 0.15) is 11.3 Å². The normalized spacial score (nSPS) is 11.2. The van der Waals surface area contributed by atoms with Crippen molar-refractivity contribution in [2.24, 2.45) is 7.05 Å². The summed E-state index contributed by atoms with van der Waals surface area (Å²) in [6, 6.07) is 6.18. The summed E-state index contributed by atoms with van der Waals surface area (Å²) in [5.41, 5.74) is 9.76. The maximum Gasteiger partial charge on any atom is 0.281 e. The van der Waals surface area contributed by atoms with Crippen LogP contribution in [-0.2, 0) is 7.05 Å². The molecule has 0 saturated carbocycles. The number of phenolic OH excluding ortho intramolecular Hbond substituents is 1. The second-order valence-electron chi connectivity index (χ2n) is 5.46. The number of nitrogens with zero attached hydrogens (tertiary/aromatic N) is 1. The second-order valence-corrected chi connectivity index (χ2v) is 6.22. The van der Waals surface area contributed by atoms with Crippen molar-refractivity contribution in [2.45, 2.75) is 13.8 Å². The first kappa shape index (κ1) is 15.7. The molecule has 0 amide bonds. The molecule has 2 heterocycles. The molecular formula is C17H16BrFN2O2. The van der Waals surface area contributed by atoms with Gasteiger partial charge in [-0.1, -0.05) is 12.1 Å². The van der Waals surface area contributed by atoms with Crippen LogP contribution in [0, 0.1) is 19.9 Å². The van der Waals surface area contributed by atoms with Crippen LogP contribution < -0.4 is 5.73 Å². The highest BCUT2D eigenvalue weighted by Gasteiger charge is 2.26. The number of hydrogen-bond donors (Lipinski definition) is 2. The van der Waals surface area contributed by atoms with Crippen molar-refractivity contribution in [3.8, 4) is 28.0 Å². The summed E-state index contributed by atoms with van der Waals surface area (Å²) in [4.78, 5) is 0. The fraction of sp³-hybridized carbons (Fsp3) is 0.176. The van der Waals surface area contributed by atoms with Crippen molar-refractivity contribution in [3.05, 3.63) is 46.2 Å². The van der Waals surface area contributed by atoms with Gasteiger partial charge in [-0.3, -0.25) is 0 Å². The molecule has 0 fully saturated rings. The zero-order chi connectivity index (χ0) is 16.9. The van der Waals surface area contributed by atoms with Crippen LogP contribution in [0.4, 0.5) is 10.2 Å². The van der Waals surface area contributed by atoms with E-state index < -0.39 is 6.01 Å². The molecule has 0 aliphatic rings. The van der Waals surface area contributed by atoms with Gasteiger partial charge in [0.2, 0.25) is 0 Å². The first-order chi connectivity index (χ1) is 10.8. The number of aryl methyl sites for hydroxylation is 1. The molecule has 3 rings (SSSR count). The molecule has 0 saturated heterocycles. The van der Waals surface area contributed by atoms with Crippen LogP contribution in [0.2, 0.25) is 0 Å². The average molecular weight is 379 g/mol. The number of phenols is 1. The maximum absolute atomic E-state index is 13.9. The molecule has 0 spiro atoms. The van der Waals surface area contributed by atoms with Gasteiger partial charge in [0.05, 0.1) is 4.60 Å². The van der Waals surface area contributed by atoms with Crippen molar-refractivity contribution >= 4 is 21.7 Å². The van der Waals surface area contributed by atoms with Gasteiger partial charge in [-0.25, -0.2) is 0 Å². The van der Waals surface area contributed by atoms with Gasteiger partial charge < -0.3 is 19.8 Å². The van der Waals surface area contributed by atoms with Gasteiger partial charge in [0.15, 0.2) is 0 Å². The number of aromatic nitrogens is 1. The van der Waals surface area contributed by atoms with Crippen molar-refractivity contribution < 1.29 is 13.9 Å². The zero-order valence-electron chi connectivity index (χ0n) is 12.9. The highest BCUT2D eigenvalue weighted by Crippen LogP contribution is 2.46. The first-order valence-electron chi connectivity index (χ1n) is 7.01. The van der Waals surface area contributed by atoms with Gasteiger partial charge in [0, 0.05) is 29.3 Å². The topological polar surface area (TPSA) is 64.3 Å². The summed E-state index contributed by atoms with van der Waals surface area (Å²) < 4.78 is 21.5. The van der Waals surface area contributed by atoms with Gasteiger partial charge in [-0.15, -0.1) is 0 Å². The molecule has 120 valence electrons. The summed E-state index contributed by atoms with van der Waals surface area (Å²) in [5.74, 6) is 1.16. The van der Waals surface area contributed by atoms with Gasteiger partial charge in [-0.05, 0) is 47.5 Å². The maximum atomic E-state index is 13.9. The number of nitrogen functional groups attached to an aromatic ring is 1. The number of benzene rings is 1. The highest BCUT2D eigenvalue weighted by molar-refractivity contribution is 9.10. The van der Waals surface area contributed by atoms with Crippen LogP contribution in [0.15, 0.2) is 33.3 Å². The first-order valence-corrected chi connectivity index (χ1v) is 7.81. The Kier molecular flexibility index (Phi) is 3.72. The number of aromatic hydroxyl groups is 1. The smallest absolute Gasteiger partial charge is 0.281 e. The summed E-state index contributed by atoms with van der Waals surface area (Å²) in [6.07, 6.45) is 0. The van der Waals surface area contributed by atoms with E-state index in [1.807, 2.05) is 7.05 Å². The minimum absolute atomic E-state index is 0.178. The highest BCUT2D eigenvalue weighted by atomic mass is 79.9. The predicted octanol–water partition coefficient (Wildman–Crippen LogP) is 4.76. The molecule has 0 aliphatic heterocycles. The van der Waals surface area contributed by atoms with E-state index in [2.05, 4.69) is 15.9 Å². The van der Waals surface area contributed by atoms with Gasteiger partial charge in [-0.2, -0.15) is 4.39 Å². The van der Waals surface area contributed by atoms with Gasteiger partial charge in [0.25, 0.3) is 6.01 Å². The van der Waals surface area contributed by atoms with Crippen molar-refractivity contribution in [1.29, 1.82) is 0 Å². The van der Waals surface area contributed by atoms with Crippen LogP contribution in [0.5, 0.6) is 5.75 Å². The number of anilines is 1. The Morgan fingerprint density at radius 3 is 2.26 bits per heavy atom. The van der Waals surface area contributed by atoms with Crippen molar-refractivity contribution in [3.63, 3.8) is 0 Å². The van der Waals surface area contributed by atoms with E-state index in [1.165, 1.54) is 0 Å². The molecule has 0 atom stereocenters. The molecule has 0 unspecified atom stereocenters. The standard InChI is InChI=1S/C17H16BrFN2O2/c1-8-12(9(2)23-16(8)19)14-13(15(18)21(3)17(14)20)10-4-6-11(22)7-5-10/h4-7,22H,20H2,1-3H3. The van der Waals surface area contributed by atoms with Crippen LogP contribution >= 0.6 is 15.9 Å². The van der Waals surface area contributed by atoms with Crippen molar-refractivity contribution in [2.75, 3.05) is 5.73 Å². The largest absolute Gasteiger partial charge is 0.508 e. The minimum atomic E-state index is -0.603. The third kappa shape index (κ3) is 2.34. The summed E-state index contributed by atoms with van der Waals surface area (Å²) in [6.45, 7) is 3.38. The Labute approximate surface area is 141 Å². The monoisotopic (exact) mass is 378 g/mol. The lowest BCUT2D eigenvalue weighted by atomic mass is 9.96. The predicted molar refractivity (Wildman–Crippen MR) is 91.8 cm³/mol. The molecule has 0 radical (unpaired) electrons. The number of nitrogens with two attached hydrogens (primary N) is 1. The minimum Gasteiger partial charge on any atom is -0.508 e. The molecule has 0 aliphatic carbocycles. The Bertz CT molecular complexity index is 895. The lowest BCUT2D eigenvalue weighted by Crippen LogP contribution is -1.97. The fourth-order valence-electron chi connectivity index (χ4n) is 2.80. The van der Waals surface area contributed by atoms with E-state index in [1.54, 1.807) is 42.7 Å². The van der Waals surface area contributed by atoms with Gasteiger partial charge in [0.1, 0.15) is 17.3 Å². The lowest BCUT2D eigenvalue weighted by Gasteiger charge is -2.07. The fourth-order valence-corrected chi connectivity index (χ4v) is 3.42. The van der Waals surface area contributed by atoms with E-state index in [4.69, 9.17) is 10.2 Å². The van der Waals surface area contributed by atoms with E-state index in [0.29, 0.717) is 28.3 Å². The number of hydrogen-bond acceptors (Lipinski definition) is 3. The summed E-state index contributed by atoms with van der Waals surface area (Å²) >= 11 is 3.56.